The van der Waals surface area contributed by atoms with Gasteiger partial charge < -0.3 is 0 Å². The molecule has 1 atom stereocenters. The fourth-order valence-corrected chi connectivity index (χ4v) is 2.81. The Hall–Kier alpha value is -0.640. The van der Waals surface area contributed by atoms with Gasteiger partial charge in [0, 0.05) is 0 Å². The Morgan fingerprint density at radius 2 is 1.48 bits per heavy atom. The lowest BCUT2D eigenvalue weighted by Crippen LogP contribution is -2.32. The van der Waals surface area contributed by atoms with E-state index in [0.717, 1.165) is 25.7 Å². The smallest absolute Gasteiger partial charge is 0.180 e. The van der Waals surface area contributed by atoms with Crippen LogP contribution in [0.3, 0.4) is 0 Å². The van der Waals surface area contributed by atoms with E-state index >= 15 is 0 Å². The molecule has 0 aromatic carbocycles. The maximum absolute atomic E-state index is 13.4. The second kappa shape index (κ2) is 9.39. The van der Waals surface area contributed by atoms with Gasteiger partial charge in [-0.3, -0.25) is 0 Å². The van der Waals surface area contributed by atoms with Crippen LogP contribution in [0.5, 0.6) is 0 Å². The highest BCUT2D eigenvalue weighted by molar-refractivity contribution is 6.29. The molecule has 0 radical (unpaired) electrons. The second-order valence-electron chi connectivity index (χ2n) is 6.19. The third-order valence-electron chi connectivity index (χ3n) is 4.16. The molecule has 0 saturated carbocycles. The van der Waals surface area contributed by atoms with Crippen LogP contribution in [0.15, 0.2) is 0 Å². The Morgan fingerprint density at radius 1 is 0.952 bits per heavy atom. The van der Waals surface area contributed by atoms with Gasteiger partial charge in [0.15, 0.2) is 0 Å². The number of aromatic nitrogens is 3. The van der Waals surface area contributed by atoms with Crippen molar-refractivity contribution in [2.75, 3.05) is 0 Å². The molecular formula is C16H29ClFN3. The van der Waals surface area contributed by atoms with Gasteiger partial charge in [0.2, 0.25) is 5.15 Å². The van der Waals surface area contributed by atoms with Crippen molar-refractivity contribution < 1.29 is 4.39 Å². The summed E-state index contributed by atoms with van der Waals surface area (Å²) in [4.78, 5) is 1.51. The van der Waals surface area contributed by atoms with Gasteiger partial charge in [-0.1, -0.05) is 76.8 Å². The predicted octanol–water partition coefficient (Wildman–Crippen LogP) is 5.73. The van der Waals surface area contributed by atoms with Crippen molar-refractivity contribution in [3.05, 3.63) is 11.1 Å². The molecule has 5 heteroatoms. The van der Waals surface area contributed by atoms with E-state index < -0.39 is 5.95 Å². The lowest BCUT2D eigenvalue weighted by Gasteiger charge is -2.28. The maximum atomic E-state index is 13.4. The Balaban J connectivity index is 2.65. The summed E-state index contributed by atoms with van der Waals surface area (Å²) in [7, 11) is 0. The Bertz CT molecular complexity index is 389. The number of nitrogens with zero attached hydrogens (tertiary/aromatic N) is 3. The van der Waals surface area contributed by atoms with Crippen LogP contribution >= 0.6 is 11.6 Å². The number of hydrogen-bond donors (Lipinski definition) is 0. The van der Waals surface area contributed by atoms with Gasteiger partial charge in [0.05, 0.1) is 5.54 Å². The molecule has 1 aromatic heterocycles. The van der Waals surface area contributed by atoms with Crippen LogP contribution in [0.25, 0.3) is 0 Å². The predicted molar refractivity (Wildman–Crippen MR) is 86.2 cm³/mol. The molecule has 0 aliphatic carbocycles. The molecule has 1 aromatic rings. The van der Waals surface area contributed by atoms with Crippen LogP contribution < -0.4 is 0 Å². The highest BCUT2D eigenvalue weighted by Crippen LogP contribution is 2.30. The van der Waals surface area contributed by atoms with Gasteiger partial charge in [0.1, 0.15) is 0 Å². The number of halogens is 2. The zero-order valence-electron chi connectivity index (χ0n) is 13.7. The van der Waals surface area contributed by atoms with Crippen molar-refractivity contribution in [2.24, 2.45) is 0 Å². The van der Waals surface area contributed by atoms with Crippen LogP contribution in [0, 0.1) is 5.95 Å². The van der Waals surface area contributed by atoms with Crippen molar-refractivity contribution in [1.82, 2.24) is 15.0 Å². The van der Waals surface area contributed by atoms with Crippen molar-refractivity contribution in [3.63, 3.8) is 0 Å². The van der Waals surface area contributed by atoms with Gasteiger partial charge in [0.25, 0.3) is 5.95 Å². The van der Waals surface area contributed by atoms with E-state index in [4.69, 9.17) is 11.6 Å². The Kier molecular flexibility index (Phi) is 8.23. The Morgan fingerprint density at radius 3 is 2.00 bits per heavy atom. The minimum Gasteiger partial charge on any atom is -0.180 e. The fourth-order valence-electron chi connectivity index (χ4n) is 2.70. The highest BCUT2D eigenvalue weighted by atomic mass is 35.5. The van der Waals surface area contributed by atoms with Gasteiger partial charge in [-0.25, -0.2) is 0 Å². The summed E-state index contributed by atoms with van der Waals surface area (Å²) in [6, 6.07) is 0. The van der Waals surface area contributed by atoms with Crippen LogP contribution in [0.1, 0.15) is 85.0 Å². The average molecular weight is 318 g/mol. The molecule has 3 nitrogen and oxygen atoms in total. The maximum Gasteiger partial charge on any atom is 0.271 e. The monoisotopic (exact) mass is 317 g/mol. The van der Waals surface area contributed by atoms with E-state index in [9.17, 15) is 4.39 Å². The van der Waals surface area contributed by atoms with Crippen LogP contribution in [0.2, 0.25) is 5.15 Å². The molecule has 122 valence electrons. The van der Waals surface area contributed by atoms with Gasteiger partial charge in [-0.05, 0) is 19.8 Å². The molecule has 0 bridgehead atoms. The quantitative estimate of drug-likeness (QED) is 0.488. The molecule has 21 heavy (non-hydrogen) atoms. The van der Waals surface area contributed by atoms with Crippen LogP contribution in [0.4, 0.5) is 4.39 Å². The van der Waals surface area contributed by atoms with Crippen molar-refractivity contribution in [3.8, 4) is 0 Å². The van der Waals surface area contributed by atoms with Crippen molar-refractivity contribution in [1.29, 1.82) is 0 Å². The number of unbranched alkanes of at least 4 members (excludes halogenated alkanes) is 6. The van der Waals surface area contributed by atoms with Crippen LogP contribution in [-0.2, 0) is 5.54 Å². The van der Waals surface area contributed by atoms with Gasteiger partial charge in [-0.15, -0.1) is 10.2 Å². The van der Waals surface area contributed by atoms with E-state index in [1.54, 1.807) is 0 Å². The molecule has 1 rings (SSSR count). The lowest BCUT2D eigenvalue weighted by atomic mass is 9.89. The summed E-state index contributed by atoms with van der Waals surface area (Å²) in [6.07, 6.45) is 11.6. The van der Waals surface area contributed by atoms with E-state index in [0.29, 0.717) is 0 Å². The summed E-state index contributed by atoms with van der Waals surface area (Å²) in [5, 5.41) is 7.83. The average Bonchev–Trinajstić information content (AvgIpc) is 2.79. The summed E-state index contributed by atoms with van der Waals surface area (Å²) in [6.45, 7) is 6.52. The molecule has 1 unspecified atom stereocenters. The topological polar surface area (TPSA) is 30.7 Å². The van der Waals surface area contributed by atoms with Gasteiger partial charge in [-0.2, -0.15) is 9.19 Å². The number of rotatable bonds is 11. The third-order valence-corrected chi connectivity index (χ3v) is 4.39. The molecule has 0 aliphatic heterocycles. The first kappa shape index (κ1) is 18.4. The molecule has 0 aliphatic rings. The van der Waals surface area contributed by atoms with Crippen molar-refractivity contribution in [2.45, 2.75) is 90.5 Å². The molecule has 1 heterocycles. The molecule has 0 amide bonds. The number of hydrogen-bond acceptors (Lipinski definition) is 2. The van der Waals surface area contributed by atoms with Crippen molar-refractivity contribution >= 4 is 11.6 Å². The normalized spacial score (nSPS) is 14.3. The first-order valence-corrected chi connectivity index (χ1v) is 8.70. The first-order valence-electron chi connectivity index (χ1n) is 8.32. The van der Waals surface area contributed by atoms with E-state index in [1.165, 1.54) is 43.3 Å². The lowest BCUT2D eigenvalue weighted by molar-refractivity contribution is 0.197. The van der Waals surface area contributed by atoms with Gasteiger partial charge >= 0.3 is 0 Å². The Labute approximate surface area is 133 Å². The summed E-state index contributed by atoms with van der Waals surface area (Å²) >= 11 is 5.73. The fraction of sp³-hybridized carbons (Fsp3) is 0.875. The standard InChI is InChI=1S/C16H29ClFN3/c1-4-6-8-9-11-13-16(3,12-10-7-5-2)21-19-14(17)15(18)20-21/h4-13H2,1-3H3. The van der Waals surface area contributed by atoms with E-state index in [1.807, 2.05) is 0 Å². The summed E-state index contributed by atoms with van der Waals surface area (Å²) in [5.41, 5.74) is -0.227. The van der Waals surface area contributed by atoms with Crippen LogP contribution in [-0.4, -0.2) is 15.0 Å². The molecule has 0 N–H and O–H groups in total. The molecule has 0 saturated heterocycles. The van der Waals surface area contributed by atoms with E-state index in [2.05, 4.69) is 31.0 Å². The largest absolute Gasteiger partial charge is 0.271 e. The second-order valence-corrected chi connectivity index (χ2v) is 6.55. The zero-order valence-corrected chi connectivity index (χ0v) is 14.4. The summed E-state index contributed by atoms with van der Waals surface area (Å²) in [5.74, 6) is -0.663. The minimum absolute atomic E-state index is 0.123. The zero-order chi connectivity index (χ0) is 15.7. The molecular weight excluding hydrogens is 289 g/mol. The molecule has 0 fully saturated rings. The third kappa shape index (κ3) is 5.93. The highest BCUT2D eigenvalue weighted by Gasteiger charge is 2.29. The molecule has 0 spiro atoms. The summed E-state index contributed by atoms with van der Waals surface area (Å²) < 4.78 is 13.4. The SMILES string of the molecule is CCCCCCCC(C)(CCCCC)n1nc(F)c(Cl)n1. The minimum atomic E-state index is -0.663. The first-order chi connectivity index (χ1) is 10.0. The van der Waals surface area contributed by atoms with E-state index in [-0.39, 0.29) is 10.7 Å².